The number of benzene rings is 1. The molecule has 1 unspecified atom stereocenters. The number of fused-ring (bicyclic) bond motifs is 1. The number of hydrogen-bond donors (Lipinski definition) is 0. The molecule has 4 rings (SSSR count). The van der Waals surface area contributed by atoms with Crippen molar-refractivity contribution in [2.45, 2.75) is 13.0 Å². The molecule has 1 fully saturated rings. The first kappa shape index (κ1) is 18.3. The van der Waals surface area contributed by atoms with Gasteiger partial charge in [-0.25, -0.2) is 9.97 Å². The molecule has 0 radical (unpaired) electrons. The highest BCUT2D eigenvalue weighted by Crippen LogP contribution is 2.25. The quantitative estimate of drug-likeness (QED) is 0.634. The van der Waals surface area contributed by atoms with Crippen LogP contribution >= 0.6 is 0 Å². The number of anilines is 1. The van der Waals surface area contributed by atoms with Crippen molar-refractivity contribution < 1.29 is 4.74 Å². The molecule has 1 aliphatic rings. The maximum absolute atomic E-state index is 5.13. The zero-order valence-electron chi connectivity index (χ0n) is 16.2. The summed E-state index contributed by atoms with van der Waals surface area (Å²) in [4.78, 5) is 22.4. The van der Waals surface area contributed by atoms with Gasteiger partial charge in [0.25, 0.3) is 0 Å². The highest BCUT2D eigenvalue weighted by Gasteiger charge is 2.23. The van der Waals surface area contributed by atoms with Crippen LogP contribution in [0.1, 0.15) is 24.1 Å². The largest absolute Gasteiger partial charge is 0.497 e. The Kier molecular flexibility index (Phi) is 5.16. The number of hydrogen-bond acceptors (Lipinski definition) is 7. The summed E-state index contributed by atoms with van der Waals surface area (Å²) in [5.41, 5.74) is 3.94. The van der Waals surface area contributed by atoms with Gasteiger partial charge in [0.15, 0.2) is 0 Å². The molecule has 3 aromatic rings. The molecule has 7 heteroatoms. The van der Waals surface area contributed by atoms with E-state index in [1.54, 1.807) is 31.9 Å². The minimum atomic E-state index is 0.321. The van der Waals surface area contributed by atoms with Crippen molar-refractivity contribution in [1.29, 1.82) is 0 Å². The van der Waals surface area contributed by atoms with E-state index < -0.39 is 0 Å². The second kappa shape index (κ2) is 7.90. The Labute approximate surface area is 164 Å². The lowest BCUT2D eigenvalue weighted by Crippen LogP contribution is -2.47. The van der Waals surface area contributed by atoms with Crippen molar-refractivity contribution in [3.8, 4) is 0 Å². The van der Waals surface area contributed by atoms with Crippen LogP contribution in [0.25, 0.3) is 16.8 Å². The smallest absolute Gasteiger partial charge is 0.225 e. The van der Waals surface area contributed by atoms with Crippen LogP contribution in [-0.2, 0) is 4.74 Å². The molecule has 28 heavy (non-hydrogen) atoms. The zero-order chi connectivity index (χ0) is 19.5. The van der Waals surface area contributed by atoms with Crippen LogP contribution in [0.4, 0.5) is 5.95 Å². The summed E-state index contributed by atoms with van der Waals surface area (Å²) in [5, 5.41) is 0. The van der Waals surface area contributed by atoms with Gasteiger partial charge in [0.2, 0.25) is 5.95 Å². The summed E-state index contributed by atoms with van der Waals surface area (Å²) < 4.78 is 5.13. The van der Waals surface area contributed by atoms with Gasteiger partial charge in [-0.3, -0.25) is 14.9 Å². The molecule has 3 heterocycles. The average molecular weight is 376 g/mol. The molecule has 1 atom stereocenters. The number of ether oxygens (including phenoxy) is 1. The Bertz CT molecular complexity index is 966. The van der Waals surface area contributed by atoms with Gasteiger partial charge in [-0.1, -0.05) is 12.6 Å². The Balaban J connectivity index is 1.41. The molecule has 0 amide bonds. The zero-order valence-corrected chi connectivity index (χ0v) is 16.2. The van der Waals surface area contributed by atoms with Gasteiger partial charge in [0, 0.05) is 57.0 Å². The molecule has 1 aromatic carbocycles. The van der Waals surface area contributed by atoms with E-state index in [-0.39, 0.29) is 0 Å². The van der Waals surface area contributed by atoms with E-state index in [4.69, 9.17) is 4.74 Å². The number of rotatable bonds is 5. The molecule has 2 aromatic heterocycles. The van der Waals surface area contributed by atoms with Gasteiger partial charge in [-0.15, -0.1) is 0 Å². The van der Waals surface area contributed by atoms with Crippen molar-refractivity contribution in [2.75, 3.05) is 38.2 Å². The van der Waals surface area contributed by atoms with E-state index in [0.717, 1.165) is 48.7 Å². The summed E-state index contributed by atoms with van der Waals surface area (Å²) in [6, 6.07) is 6.66. The first-order valence-corrected chi connectivity index (χ1v) is 9.40. The van der Waals surface area contributed by atoms with Gasteiger partial charge >= 0.3 is 0 Å². The normalized spacial score (nSPS) is 16.1. The minimum absolute atomic E-state index is 0.321. The third-order valence-corrected chi connectivity index (χ3v) is 5.33. The highest BCUT2D eigenvalue weighted by atomic mass is 16.5. The van der Waals surface area contributed by atoms with E-state index >= 15 is 0 Å². The fourth-order valence-corrected chi connectivity index (χ4v) is 3.51. The molecule has 0 saturated carbocycles. The average Bonchev–Trinajstić information content (AvgIpc) is 2.78. The third-order valence-electron chi connectivity index (χ3n) is 5.33. The van der Waals surface area contributed by atoms with Gasteiger partial charge in [0.05, 0.1) is 23.7 Å². The maximum Gasteiger partial charge on any atom is 0.225 e. The summed E-state index contributed by atoms with van der Waals surface area (Å²) in [6.45, 7) is 9.77. The van der Waals surface area contributed by atoms with Crippen LogP contribution in [0.3, 0.4) is 0 Å². The number of nitrogens with zero attached hydrogens (tertiary/aromatic N) is 6. The van der Waals surface area contributed by atoms with Crippen LogP contribution in [0.2, 0.25) is 0 Å². The predicted octanol–water partition coefficient (Wildman–Crippen LogP) is 2.92. The summed E-state index contributed by atoms with van der Waals surface area (Å²) in [7, 11) is 1.60. The fraction of sp³-hybridized carbons (Fsp3) is 0.333. The van der Waals surface area contributed by atoms with Crippen molar-refractivity contribution in [3.05, 3.63) is 60.7 Å². The van der Waals surface area contributed by atoms with Crippen LogP contribution in [0, 0.1) is 0 Å². The lowest BCUT2D eigenvalue weighted by Gasteiger charge is -2.38. The van der Waals surface area contributed by atoms with Gasteiger partial charge < -0.3 is 9.64 Å². The van der Waals surface area contributed by atoms with E-state index in [0.29, 0.717) is 11.8 Å². The van der Waals surface area contributed by atoms with Gasteiger partial charge in [-0.2, -0.15) is 0 Å². The van der Waals surface area contributed by atoms with Crippen molar-refractivity contribution >= 4 is 22.7 Å². The predicted molar refractivity (Wildman–Crippen MR) is 110 cm³/mol. The van der Waals surface area contributed by atoms with Gasteiger partial charge in [-0.05, 0) is 24.6 Å². The van der Waals surface area contributed by atoms with Crippen LogP contribution < -0.4 is 4.90 Å². The summed E-state index contributed by atoms with van der Waals surface area (Å²) in [5.74, 6) is 1.33. The van der Waals surface area contributed by atoms with Crippen molar-refractivity contribution in [3.63, 3.8) is 0 Å². The van der Waals surface area contributed by atoms with Crippen LogP contribution in [-0.4, -0.2) is 58.1 Å². The molecule has 0 N–H and O–H groups in total. The maximum atomic E-state index is 5.13. The molecule has 1 saturated heterocycles. The molecular formula is C21H24N6O. The SMILES string of the molecule is C=C(OC)c1cnc(N2CCN(C(C)c3ccc4nccnc4c3)CC2)nc1. The van der Waals surface area contributed by atoms with Gasteiger partial charge in [0.1, 0.15) is 5.76 Å². The first-order chi connectivity index (χ1) is 13.7. The number of methoxy groups -OCH3 is 1. The highest BCUT2D eigenvalue weighted by molar-refractivity contribution is 5.74. The molecule has 144 valence electrons. The Morgan fingerprint density at radius 3 is 2.36 bits per heavy atom. The van der Waals surface area contributed by atoms with Crippen molar-refractivity contribution in [2.24, 2.45) is 0 Å². The first-order valence-electron chi connectivity index (χ1n) is 9.40. The van der Waals surface area contributed by atoms with E-state index in [1.165, 1.54) is 5.56 Å². The molecular weight excluding hydrogens is 352 g/mol. The Morgan fingerprint density at radius 2 is 1.68 bits per heavy atom. The Hall–Kier alpha value is -3.06. The summed E-state index contributed by atoms with van der Waals surface area (Å²) >= 11 is 0. The topological polar surface area (TPSA) is 67.3 Å². The lowest BCUT2D eigenvalue weighted by atomic mass is 10.1. The van der Waals surface area contributed by atoms with Crippen molar-refractivity contribution in [1.82, 2.24) is 24.8 Å². The van der Waals surface area contributed by atoms with Crippen LogP contribution in [0.15, 0.2) is 49.6 Å². The second-order valence-electron chi connectivity index (χ2n) is 6.90. The van der Waals surface area contributed by atoms with Crippen LogP contribution in [0.5, 0.6) is 0 Å². The molecule has 7 nitrogen and oxygen atoms in total. The standard InChI is InChI=1S/C21H24N6O/c1-15(17-4-5-19-20(12-17)23-7-6-22-19)26-8-10-27(11-9-26)21-24-13-18(14-25-21)16(2)28-3/h4-7,12-15H,2,8-11H2,1,3H3. The molecule has 0 bridgehead atoms. The third kappa shape index (κ3) is 3.66. The number of aromatic nitrogens is 4. The van der Waals surface area contributed by atoms with E-state index in [9.17, 15) is 0 Å². The lowest BCUT2D eigenvalue weighted by molar-refractivity contribution is 0.198. The van der Waals surface area contributed by atoms with E-state index in [2.05, 4.69) is 55.4 Å². The Morgan fingerprint density at radius 1 is 1.00 bits per heavy atom. The second-order valence-corrected chi connectivity index (χ2v) is 6.90. The monoisotopic (exact) mass is 376 g/mol. The molecule has 0 aliphatic carbocycles. The number of piperazine rings is 1. The molecule has 0 spiro atoms. The minimum Gasteiger partial charge on any atom is -0.497 e. The molecule has 1 aliphatic heterocycles. The fourth-order valence-electron chi connectivity index (χ4n) is 3.51. The summed E-state index contributed by atoms with van der Waals surface area (Å²) in [6.07, 6.45) is 6.99. The van der Waals surface area contributed by atoms with E-state index in [1.807, 2.05) is 6.07 Å².